The standard InChI is InChI=1S/C16H21N3O2/c1-4-11-6-5-7-18-15(11)16(19-17)12-8-13(20-2)10-14(9-12)21-3/h5-10,16,19H,4,17H2,1-3H3. The van der Waals surface area contributed by atoms with Gasteiger partial charge in [-0.15, -0.1) is 0 Å². The molecule has 0 saturated carbocycles. The van der Waals surface area contributed by atoms with Gasteiger partial charge >= 0.3 is 0 Å². The minimum absolute atomic E-state index is 0.217. The predicted octanol–water partition coefficient (Wildman–Crippen LogP) is 2.21. The molecule has 0 fully saturated rings. The highest BCUT2D eigenvalue weighted by atomic mass is 16.5. The van der Waals surface area contributed by atoms with Crippen LogP contribution in [-0.4, -0.2) is 19.2 Å². The van der Waals surface area contributed by atoms with Crippen molar-refractivity contribution in [1.82, 2.24) is 10.4 Å². The second kappa shape index (κ2) is 7.06. The van der Waals surface area contributed by atoms with E-state index >= 15 is 0 Å². The molecule has 0 amide bonds. The van der Waals surface area contributed by atoms with Crippen LogP contribution in [0.3, 0.4) is 0 Å². The normalized spacial score (nSPS) is 12.0. The summed E-state index contributed by atoms with van der Waals surface area (Å²) in [5.74, 6) is 7.21. The SMILES string of the molecule is CCc1cccnc1C(NN)c1cc(OC)cc(OC)c1. The van der Waals surface area contributed by atoms with Crippen LogP contribution in [0.1, 0.15) is 29.8 Å². The first-order valence-corrected chi connectivity index (χ1v) is 6.86. The first-order valence-electron chi connectivity index (χ1n) is 6.86. The molecule has 3 N–H and O–H groups in total. The highest BCUT2D eigenvalue weighted by Crippen LogP contribution is 2.30. The van der Waals surface area contributed by atoms with Gasteiger partial charge in [0.25, 0.3) is 0 Å². The summed E-state index contributed by atoms with van der Waals surface area (Å²) in [6, 6.07) is 9.47. The third kappa shape index (κ3) is 3.32. The molecule has 2 aromatic rings. The summed E-state index contributed by atoms with van der Waals surface area (Å²) in [6.45, 7) is 2.10. The van der Waals surface area contributed by atoms with Gasteiger partial charge in [-0.1, -0.05) is 13.0 Å². The number of pyridine rings is 1. The average molecular weight is 287 g/mol. The van der Waals surface area contributed by atoms with Crippen molar-refractivity contribution < 1.29 is 9.47 Å². The number of rotatable bonds is 6. The van der Waals surface area contributed by atoms with Crippen LogP contribution in [0.2, 0.25) is 0 Å². The molecule has 2 rings (SSSR count). The molecule has 0 bridgehead atoms. The Bertz CT molecular complexity index is 580. The lowest BCUT2D eigenvalue weighted by molar-refractivity contribution is 0.392. The van der Waals surface area contributed by atoms with Crippen molar-refractivity contribution in [2.75, 3.05) is 14.2 Å². The molecule has 21 heavy (non-hydrogen) atoms. The zero-order chi connectivity index (χ0) is 15.2. The maximum Gasteiger partial charge on any atom is 0.122 e. The Kier molecular flexibility index (Phi) is 5.14. The molecule has 0 aliphatic heterocycles. The molecular formula is C16H21N3O2. The van der Waals surface area contributed by atoms with Crippen LogP contribution in [0, 0.1) is 0 Å². The van der Waals surface area contributed by atoms with Gasteiger partial charge < -0.3 is 9.47 Å². The Balaban J connectivity index is 2.50. The summed E-state index contributed by atoms with van der Waals surface area (Å²) in [6.07, 6.45) is 2.67. The van der Waals surface area contributed by atoms with E-state index in [0.29, 0.717) is 0 Å². The van der Waals surface area contributed by atoms with E-state index in [0.717, 1.165) is 34.7 Å². The van der Waals surface area contributed by atoms with Crippen LogP contribution < -0.4 is 20.7 Å². The molecule has 1 aromatic heterocycles. The van der Waals surface area contributed by atoms with Gasteiger partial charge in [0.05, 0.1) is 26.0 Å². The van der Waals surface area contributed by atoms with Gasteiger partial charge in [-0.05, 0) is 35.7 Å². The molecule has 0 radical (unpaired) electrons. The van der Waals surface area contributed by atoms with Crippen molar-refractivity contribution in [3.63, 3.8) is 0 Å². The zero-order valence-electron chi connectivity index (χ0n) is 12.6. The molecule has 0 saturated heterocycles. The first-order chi connectivity index (χ1) is 10.2. The lowest BCUT2D eigenvalue weighted by atomic mass is 9.98. The monoisotopic (exact) mass is 287 g/mol. The van der Waals surface area contributed by atoms with Gasteiger partial charge in [0.1, 0.15) is 11.5 Å². The predicted molar refractivity (Wildman–Crippen MR) is 82.3 cm³/mol. The molecule has 5 heteroatoms. The molecule has 0 aliphatic carbocycles. The first kappa shape index (κ1) is 15.3. The molecule has 112 valence electrons. The van der Waals surface area contributed by atoms with E-state index in [1.165, 1.54) is 0 Å². The quantitative estimate of drug-likeness (QED) is 0.630. The number of benzene rings is 1. The van der Waals surface area contributed by atoms with Gasteiger partial charge in [0.2, 0.25) is 0 Å². The van der Waals surface area contributed by atoms with Crippen molar-refractivity contribution in [3.8, 4) is 11.5 Å². The number of nitrogens with one attached hydrogen (secondary N) is 1. The number of hydrogen-bond donors (Lipinski definition) is 2. The number of nitrogens with two attached hydrogens (primary N) is 1. The Hall–Kier alpha value is -2.11. The number of aryl methyl sites for hydroxylation is 1. The fourth-order valence-electron chi connectivity index (χ4n) is 2.34. The molecule has 1 unspecified atom stereocenters. The van der Waals surface area contributed by atoms with E-state index in [2.05, 4.69) is 23.4 Å². The smallest absolute Gasteiger partial charge is 0.122 e. The third-order valence-corrected chi connectivity index (χ3v) is 3.45. The number of nitrogens with zero attached hydrogens (tertiary/aromatic N) is 1. The molecule has 1 heterocycles. The summed E-state index contributed by atoms with van der Waals surface area (Å²) < 4.78 is 10.6. The minimum atomic E-state index is -0.217. The van der Waals surface area contributed by atoms with Crippen LogP contribution >= 0.6 is 0 Å². The lowest BCUT2D eigenvalue weighted by Gasteiger charge is -2.20. The van der Waals surface area contributed by atoms with E-state index < -0.39 is 0 Å². The number of methoxy groups -OCH3 is 2. The Labute approximate surface area is 125 Å². The number of hydrazine groups is 1. The Morgan fingerprint density at radius 1 is 1.19 bits per heavy atom. The highest BCUT2D eigenvalue weighted by molar-refractivity contribution is 5.43. The summed E-state index contributed by atoms with van der Waals surface area (Å²) in [4.78, 5) is 4.48. The minimum Gasteiger partial charge on any atom is -0.497 e. The van der Waals surface area contributed by atoms with Crippen LogP contribution in [0.25, 0.3) is 0 Å². The van der Waals surface area contributed by atoms with Crippen LogP contribution in [0.5, 0.6) is 11.5 Å². The Morgan fingerprint density at radius 3 is 2.38 bits per heavy atom. The van der Waals surface area contributed by atoms with Gasteiger partial charge in [0.15, 0.2) is 0 Å². The Morgan fingerprint density at radius 2 is 1.86 bits per heavy atom. The van der Waals surface area contributed by atoms with Gasteiger partial charge in [-0.25, -0.2) is 5.43 Å². The van der Waals surface area contributed by atoms with Gasteiger partial charge in [0, 0.05) is 12.3 Å². The molecule has 0 aliphatic rings. The van der Waals surface area contributed by atoms with Crippen molar-refractivity contribution in [3.05, 3.63) is 53.3 Å². The van der Waals surface area contributed by atoms with Crippen molar-refractivity contribution in [1.29, 1.82) is 0 Å². The number of ether oxygens (including phenoxy) is 2. The van der Waals surface area contributed by atoms with E-state index in [1.807, 2.05) is 24.3 Å². The van der Waals surface area contributed by atoms with E-state index in [9.17, 15) is 0 Å². The fraction of sp³-hybridized carbons (Fsp3) is 0.312. The van der Waals surface area contributed by atoms with E-state index in [-0.39, 0.29) is 6.04 Å². The van der Waals surface area contributed by atoms with Gasteiger partial charge in [-0.3, -0.25) is 10.8 Å². The number of aromatic nitrogens is 1. The second-order valence-corrected chi connectivity index (χ2v) is 4.65. The molecule has 0 spiro atoms. The van der Waals surface area contributed by atoms with Crippen molar-refractivity contribution >= 4 is 0 Å². The number of hydrogen-bond acceptors (Lipinski definition) is 5. The van der Waals surface area contributed by atoms with Crippen LogP contribution in [0.15, 0.2) is 36.5 Å². The molecular weight excluding hydrogens is 266 g/mol. The third-order valence-electron chi connectivity index (χ3n) is 3.45. The molecule has 1 aromatic carbocycles. The summed E-state index contributed by atoms with van der Waals surface area (Å²) >= 11 is 0. The maximum atomic E-state index is 5.77. The van der Waals surface area contributed by atoms with Gasteiger partial charge in [-0.2, -0.15) is 0 Å². The fourth-order valence-corrected chi connectivity index (χ4v) is 2.34. The second-order valence-electron chi connectivity index (χ2n) is 4.65. The summed E-state index contributed by atoms with van der Waals surface area (Å²) in [7, 11) is 3.25. The average Bonchev–Trinajstić information content (AvgIpc) is 2.55. The highest BCUT2D eigenvalue weighted by Gasteiger charge is 2.18. The zero-order valence-corrected chi connectivity index (χ0v) is 12.6. The maximum absolute atomic E-state index is 5.77. The van der Waals surface area contributed by atoms with Crippen LogP contribution in [0.4, 0.5) is 0 Å². The van der Waals surface area contributed by atoms with E-state index in [1.54, 1.807) is 20.4 Å². The van der Waals surface area contributed by atoms with E-state index in [4.69, 9.17) is 15.3 Å². The molecule has 1 atom stereocenters. The van der Waals surface area contributed by atoms with Crippen LogP contribution in [-0.2, 0) is 6.42 Å². The van der Waals surface area contributed by atoms with Crippen molar-refractivity contribution in [2.45, 2.75) is 19.4 Å². The van der Waals surface area contributed by atoms with Crippen molar-refractivity contribution in [2.24, 2.45) is 5.84 Å². The summed E-state index contributed by atoms with van der Waals surface area (Å²) in [5, 5.41) is 0. The lowest BCUT2D eigenvalue weighted by Crippen LogP contribution is -2.30. The molecule has 5 nitrogen and oxygen atoms in total. The summed E-state index contributed by atoms with van der Waals surface area (Å²) in [5.41, 5.74) is 5.85. The topological polar surface area (TPSA) is 69.4 Å². The largest absolute Gasteiger partial charge is 0.497 e.